The third-order valence-electron chi connectivity index (χ3n) is 2.03. The van der Waals surface area contributed by atoms with Crippen molar-refractivity contribution < 1.29 is 0 Å². The minimum Gasteiger partial charge on any atom is -0.372 e. The number of nitrogens with zero attached hydrogens (tertiary/aromatic N) is 1. The lowest BCUT2D eigenvalue weighted by Crippen LogP contribution is -2.21. The first-order chi connectivity index (χ1) is 5.84. The van der Waals surface area contributed by atoms with Crippen LogP contribution in [0.15, 0.2) is 6.07 Å². The van der Waals surface area contributed by atoms with Gasteiger partial charge in [0.1, 0.15) is 5.00 Å². The number of anilines is 1. The molecule has 1 saturated heterocycles. The Kier molecular flexibility index (Phi) is 2.28. The van der Waals surface area contributed by atoms with Gasteiger partial charge in [0, 0.05) is 12.6 Å². The van der Waals surface area contributed by atoms with Crippen molar-refractivity contribution in [1.29, 1.82) is 0 Å². The maximum atomic E-state index is 4.22. The van der Waals surface area contributed by atoms with Crippen LogP contribution in [-0.4, -0.2) is 23.5 Å². The van der Waals surface area contributed by atoms with E-state index in [2.05, 4.69) is 21.1 Å². The smallest absolute Gasteiger partial charge is 0.109 e. The minimum atomic E-state index is 0.602. The molecule has 4 heteroatoms. The summed E-state index contributed by atoms with van der Waals surface area (Å²) < 4.78 is 4.22. The molecular formula is C8H13N3S. The first-order valence-electron chi connectivity index (χ1n) is 4.25. The van der Waals surface area contributed by atoms with Crippen molar-refractivity contribution in [2.45, 2.75) is 19.4 Å². The van der Waals surface area contributed by atoms with Crippen molar-refractivity contribution >= 4 is 16.5 Å². The number of aromatic nitrogens is 1. The molecular weight excluding hydrogens is 170 g/mol. The molecule has 12 heavy (non-hydrogen) atoms. The normalized spacial score (nSPS) is 22.9. The summed E-state index contributed by atoms with van der Waals surface area (Å²) in [6.45, 7) is 4.24. The van der Waals surface area contributed by atoms with Crippen LogP contribution in [-0.2, 0) is 0 Å². The van der Waals surface area contributed by atoms with E-state index in [0.717, 1.165) is 18.8 Å². The van der Waals surface area contributed by atoms with Crippen LogP contribution >= 0.6 is 11.5 Å². The highest BCUT2D eigenvalue weighted by Gasteiger charge is 2.14. The molecule has 1 aliphatic rings. The second-order valence-electron chi connectivity index (χ2n) is 3.17. The summed E-state index contributed by atoms with van der Waals surface area (Å²) in [7, 11) is 0. The number of rotatable bonds is 2. The number of hydrogen-bond acceptors (Lipinski definition) is 4. The topological polar surface area (TPSA) is 37.0 Å². The van der Waals surface area contributed by atoms with Gasteiger partial charge in [-0.15, -0.1) is 0 Å². The van der Waals surface area contributed by atoms with Crippen LogP contribution in [0.25, 0.3) is 0 Å². The lowest BCUT2D eigenvalue weighted by atomic mass is 10.3. The summed E-state index contributed by atoms with van der Waals surface area (Å²) in [5.74, 6) is 0. The van der Waals surface area contributed by atoms with Gasteiger partial charge in [0.2, 0.25) is 0 Å². The first kappa shape index (κ1) is 8.01. The molecule has 0 radical (unpaired) electrons. The van der Waals surface area contributed by atoms with Gasteiger partial charge in [-0.25, -0.2) is 0 Å². The van der Waals surface area contributed by atoms with Crippen molar-refractivity contribution in [3.05, 3.63) is 11.8 Å². The summed E-state index contributed by atoms with van der Waals surface area (Å²) >= 11 is 1.55. The van der Waals surface area contributed by atoms with E-state index in [1.54, 1.807) is 11.5 Å². The van der Waals surface area contributed by atoms with E-state index >= 15 is 0 Å². The molecule has 1 fully saturated rings. The van der Waals surface area contributed by atoms with Gasteiger partial charge < -0.3 is 10.6 Å². The van der Waals surface area contributed by atoms with Gasteiger partial charge in [0.15, 0.2) is 0 Å². The standard InChI is InChI=1S/C8H13N3S/c1-6-4-8(12-11-6)10-7-2-3-9-5-7/h4,7,9-10H,2-3,5H2,1H3. The maximum Gasteiger partial charge on any atom is 0.109 e. The molecule has 2 heterocycles. The summed E-state index contributed by atoms with van der Waals surface area (Å²) in [6.07, 6.45) is 1.22. The molecule has 66 valence electrons. The largest absolute Gasteiger partial charge is 0.372 e. The minimum absolute atomic E-state index is 0.602. The highest BCUT2D eigenvalue weighted by Crippen LogP contribution is 2.17. The molecule has 0 amide bonds. The van der Waals surface area contributed by atoms with Gasteiger partial charge >= 0.3 is 0 Å². The zero-order valence-electron chi connectivity index (χ0n) is 7.13. The van der Waals surface area contributed by atoms with E-state index in [1.165, 1.54) is 11.4 Å². The Morgan fingerprint density at radius 2 is 2.67 bits per heavy atom. The molecule has 1 aromatic heterocycles. The SMILES string of the molecule is Cc1cc(NC2CCNC2)sn1. The van der Waals surface area contributed by atoms with E-state index < -0.39 is 0 Å². The molecule has 1 aliphatic heterocycles. The third kappa shape index (κ3) is 1.76. The summed E-state index contributed by atoms with van der Waals surface area (Å²) in [5.41, 5.74) is 1.11. The molecule has 0 aromatic carbocycles. The van der Waals surface area contributed by atoms with E-state index in [9.17, 15) is 0 Å². The van der Waals surface area contributed by atoms with Gasteiger partial charge in [-0.05, 0) is 37.5 Å². The van der Waals surface area contributed by atoms with Crippen LogP contribution in [0.2, 0.25) is 0 Å². The molecule has 1 atom stereocenters. The summed E-state index contributed by atoms with van der Waals surface area (Å²) in [4.78, 5) is 0. The van der Waals surface area contributed by atoms with Crippen LogP contribution in [0.1, 0.15) is 12.1 Å². The van der Waals surface area contributed by atoms with Gasteiger partial charge in [-0.1, -0.05) is 0 Å². The van der Waals surface area contributed by atoms with E-state index in [4.69, 9.17) is 0 Å². The zero-order valence-corrected chi connectivity index (χ0v) is 7.95. The van der Waals surface area contributed by atoms with Crippen LogP contribution < -0.4 is 10.6 Å². The van der Waals surface area contributed by atoms with Gasteiger partial charge in [0.25, 0.3) is 0 Å². The fourth-order valence-electron chi connectivity index (χ4n) is 1.41. The molecule has 2 N–H and O–H groups in total. The molecule has 3 nitrogen and oxygen atoms in total. The second-order valence-corrected chi connectivity index (χ2v) is 3.97. The number of aryl methyl sites for hydroxylation is 1. The average molecular weight is 183 g/mol. The number of nitrogens with one attached hydrogen (secondary N) is 2. The highest BCUT2D eigenvalue weighted by atomic mass is 32.1. The van der Waals surface area contributed by atoms with Gasteiger partial charge in [-0.3, -0.25) is 0 Å². The summed E-state index contributed by atoms with van der Waals surface area (Å²) in [6, 6.07) is 2.70. The van der Waals surface area contributed by atoms with E-state index in [-0.39, 0.29) is 0 Å². The van der Waals surface area contributed by atoms with Crippen molar-refractivity contribution in [2.24, 2.45) is 0 Å². The maximum absolute atomic E-state index is 4.22. The Labute approximate surface area is 76.4 Å². The lowest BCUT2D eigenvalue weighted by molar-refractivity contribution is 0.796. The third-order valence-corrected chi connectivity index (χ3v) is 2.85. The van der Waals surface area contributed by atoms with Crippen LogP contribution in [0.5, 0.6) is 0 Å². The molecule has 0 spiro atoms. The lowest BCUT2D eigenvalue weighted by Gasteiger charge is -2.08. The predicted molar refractivity (Wildman–Crippen MR) is 51.7 cm³/mol. The molecule has 2 rings (SSSR count). The van der Waals surface area contributed by atoms with Crippen LogP contribution in [0.3, 0.4) is 0 Å². The molecule has 0 aliphatic carbocycles. The molecule has 0 bridgehead atoms. The van der Waals surface area contributed by atoms with Crippen molar-refractivity contribution in [2.75, 3.05) is 18.4 Å². The average Bonchev–Trinajstić information content (AvgIpc) is 2.63. The fraction of sp³-hybridized carbons (Fsp3) is 0.625. The van der Waals surface area contributed by atoms with E-state index in [0.29, 0.717) is 6.04 Å². The number of hydrogen-bond donors (Lipinski definition) is 2. The predicted octanol–water partition coefficient (Wildman–Crippen LogP) is 1.23. The van der Waals surface area contributed by atoms with Crippen LogP contribution in [0, 0.1) is 6.92 Å². The molecule has 1 aromatic rings. The Morgan fingerprint density at radius 3 is 3.25 bits per heavy atom. The van der Waals surface area contributed by atoms with Crippen LogP contribution in [0.4, 0.5) is 5.00 Å². The quantitative estimate of drug-likeness (QED) is 0.724. The fourth-order valence-corrected chi connectivity index (χ4v) is 2.15. The van der Waals surface area contributed by atoms with Crippen molar-refractivity contribution in [3.63, 3.8) is 0 Å². The molecule has 1 unspecified atom stereocenters. The second kappa shape index (κ2) is 3.41. The summed E-state index contributed by atoms with van der Waals surface area (Å²) in [5, 5.41) is 7.97. The Hall–Kier alpha value is -0.610. The highest BCUT2D eigenvalue weighted by molar-refractivity contribution is 7.10. The monoisotopic (exact) mass is 183 g/mol. The van der Waals surface area contributed by atoms with Gasteiger partial charge in [-0.2, -0.15) is 4.37 Å². The van der Waals surface area contributed by atoms with Crippen molar-refractivity contribution in [1.82, 2.24) is 9.69 Å². The Bertz CT molecular complexity index is 253. The Morgan fingerprint density at radius 1 is 1.75 bits per heavy atom. The van der Waals surface area contributed by atoms with Gasteiger partial charge in [0.05, 0.1) is 5.69 Å². The molecule has 0 saturated carbocycles. The van der Waals surface area contributed by atoms with E-state index in [1.807, 2.05) is 6.92 Å². The zero-order chi connectivity index (χ0) is 8.39. The Balaban J connectivity index is 1.94. The first-order valence-corrected chi connectivity index (χ1v) is 5.02. The van der Waals surface area contributed by atoms with Crippen molar-refractivity contribution in [3.8, 4) is 0 Å².